The molecule has 1 aliphatic heterocycles. The highest BCUT2D eigenvalue weighted by molar-refractivity contribution is 5.95. The van der Waals surface area contributed by atoms with Crippen LogP contribution in [0.4, 0.5) is 0 Å². The van der Waals surface area contributed by atoms with Gasteiger partial charge in [0.25, 0.3) is 5.91 Å². The van der Waals surface area contributed by atoms with Crippen LogP contribution in [0.2, 0.25) is 0 Å². The second-order valence-corrected chi connectivity index (χ2v) is 6.51. The van der Waals surface area contributed by atoms with Crippen LogP contribution in [0, 0.1) is 12.8 Å². The first kappa shape index (κ1) is 19.6. The Balaban J connectivity index is 1.75. The smallest absolute Gasteiger partial charge is 0.253 e. The zero-order valence-electron chi connectivity index (χ0n) is 14.8. The van der Waals surface area contributed by atoms with E-state index in [0.29, 0.717) is 23.7 Å². The fraction of sp³-hybridized carbons (Fsp3) is 0.667. The normalized spacial score (nSPS) is 16.4. The molecule has 0 aromatic carbocycles. The van der Waals surface area contributed by atoms with Gasteiger partial charge in [-0.15, -0.1) is 0 Å². The van der Waals surface area contributed by atoms with Gasteiger partial charge in [0.2, 0.25) is 5.88 Å². The highest BCUT2D eigenvalue weighted by atomic mass is 16.5. The molecule has 0 bridgehead atoms. The summed E-state index contributed by atoms with van der Waals surface area (Å²) in [6.45, 7) is 4.23. The van der Waals surface area contributed by atoms with Crippen LogP contribution in [-0.2, 0) is 0 Å². The number of rotatable bonds is 9. The Bertz CT molecular complexity index is 547. The van der Waals surface area contributed by atoms with Crippen LogP contribution >= 0.6 is 0 Å². The molecule has 1 saturated heterocycles. The van der Waals surface area contributed by atoms with Gasteiger partial charge in [-0.3, -0.25) is 4.79 Å². The fourth-order valence-electron chi connectivity index (χ4n) is 2.95. The quantitative estimate of drug-likeness (QED) is 0.487. The lowest BCUT2D eigenvalue weighted by Gasteiger charge is -2.22. The number of amides is 1. The highest BCUT2D eigenvalue weighted by Crippen LogP contribution is 2.18. The number of ether oxygens (including phenoxy) is 1. The molecule has 0 saturated carbocycles. The van der Waals surface area contributed by atoms with Gasteiger partial charge in [0.05, 0.1) is 30.6 Å². The molecule has 1 aromatic heterocycles. The molecule has 1 aromatic rings. The third-order valence-electron chi connectivity index (χ3n) is 4.48. The van der Waals surface area contributed by atoms with Crippen LogP contribution in [0.1, 0.15) is 41.7 Å². The van der Waals surface area contributed by atoms with Crippen molar-refractivity contribution in [2.75, 3.05) is 32.8 Å². The standard InChI is InChI=1S/C18H29N3O4/c1-13-16(18(24)20-11-15(23)12-22)4-5-17(21-13)25-10-2-3-14-6-8-19-9-7-14/h4-5,14-15,19,22-23H,2-3,6-12H2,1H3,(H,20,24). The Morgan fingerprint density at radius 1 is 1.44 bits per heavy atom. The number of nitrogens with one attached hydrogen (secondary N) is 2. The topological polar surface area (TPSA) is 104 Å². The SMILES string of the molecule is Cc1nc(OCCCC2CCNCC2)ccc1C(=O)NCC(O)CO. The van der Waals surface area contributed by atoms with Crippen molar-refractivity contribution in [1.82, 2.24) is 15.6 Å². The Labute approximate surface area is 148 Å². The van der Waals surface area contributed by atoms with Crippen molar-refractivity contribution in [2.45, 2.75) is 38.7 Å². The lowest BCUT2D eigenvalue weighted by atomic mass is 9.93. The summed E-state index contributed by atoms with van der Waals surface area (Å²) in [4.78, 5) is 16.4. The van der Waals surface area contributed by atoms with Gasteiger partial charge in [-0.2, -0.15) is 0 Å². The predicted molar refractivity (Wildman–Crippen MR) is 94.7 cm³/mol. The minimum absolute atomic E-state index is 0.00368. The van der Waals surface area contributed by atoms with E-state index in [0.717, 1.165) is 25.4 Å². The van der Waals surface area contributed by atoms with E-state index in [2.05, 4.69) is 15.6 Å². The molecule has 4 N–H and O–H groups in total. The molecule has 0 radical (unpaired) electrons. The lowest BCUT2D eigenvalue weighted by molar-refractivity contribution is 0.0801. The molecule has 1 aliphatic rings. The molecule has 2 rings (SSSR count). The average molecular weight is 351 g/mol. The molecule has 2 heterocycles. The fourth-order valence-corrected chi connectivity index (χ4v) is 2.95. The van der Waals surface area contributed by atoms with E-state index in [1.807, 2.05) is 0 Å². The number of nitrogens with zero attached hydrogens (tertiary/aromatic N) is 1. The minimum Gasteiger partial charge on any atom is -0.478 e. The minimum atomic E-state index is -0.959. The molecule has 1 fully saturated rings. The summed E-state index contributed by atoms with van der Waals surface area (Å²) < 4.78 is 5.70. The van der Waals surface area contributed by atoms with E-state index in [1.54, 1.807) is 19.1 Å². The van der Waals surface area contributed by atoms with Crippen LogP contribution in [-0.4, -0.2) is 60.1 Å². The molecule has 1 amide bonds. The molecule has 1 atom stereocenters. The van der Waals surface area contributed by atoms with Crippen LogP contribution in [0.15, 0.2) is 12.1 Å². The van der Waals surface area contributed by atoms with Crippen molar-refractivity contribution >= 4 is 5.91 Å². The Morgan fingerprint density at radius 3 is 2.88 bits per heavy atom. The molecule has 0 spiro atoms. The molecular weight excluding hydrogens is 322 g/mol. The first-order valence-electron chi connectivity index (χ1n) is 8.98. The second-order valence-electron chi connectivity index (χ2n) is 6.51. The van der Waals surface area contributed by atoms with Crippen molar-refractivity contribution in [3.63, 3.8) is 0 Å². The van der Waals surface area contributed by atoms with Crippen molar-refractivity contribution in [2.24, 2.45) is 5.92 Å². The summed E-state index contributed by atoms with van der Waals surface area (Å²) in [6, 6.07) is 3.36. The number of piperidine rings is 1. The van der Waals surface area contributed by atoms with Gasteiger partial charge in [0.15, 0.2) is 0 Å². The maximum absolute atomic E-state index is 12.0. The summed E-state index contributed by atoms with van der Waals surface area (Å²) in [6.07, 6.45) is 3.71. The number of aromatic nitrogens is 1. The van der Waals surface area contributed by atoms with E-state index < -0.39 is 6.10 Å². The number of aliphatic hydroxyl groups is 2. The summed E-state index contributed by atoms with van der Waals surface area (Å²) in [5.74, 6) is 0.990. The summed E-state index contributed by atoms with van der Waals surface area (Å²) in [7, 11) is 0. The van der Waals surface area contributed by atoms with Gasteiger partial charge in [-0.05, 0) is 57.7 Å². The number of pyridine rings is 1. The van der Waals surface area contributed by atoms with E-state index in [4.69, 9.17) is 9.84 Å². The summed E-state index contributed by atoms with van der Waals surface area (Å²) in [5.41, 5.74) is 1.01. The average Bonchev–Trinajstić information content (AvgIpc) is 2.64. The number of aryl methyl sites for hydroxylation is 1. The maximum atomic E-state index is 12.0. The van der Waals surface area contributed by atoms with Crippen molar-refractivity contribution < 1.29 is 19.7 Å². The van der Waals surface area contributed by atoms with Gasteiger partial charge >= 0.3 is 0 Å². The van der Waals surface area contributed by atoms with Gasteiger partial charge in [0, 0.05) is 12.6 Å². The van der Waals surface area contributed by atoms with E-state index in [1.165, 1.54) is 19.3 Å². The van der Waals surface area contributed by atoms with Crippen LogP contribution in [0.25, 0.3) is 0 Å². The summed E-state index contributed by atoms with van der Waals surface area (Å²) in [5, 5.41) is 24.0. The predicted octanol–water partition coefficient (Wildman–Crippen LogP) is 0.632. The van der Waals surface area contributed by atoms with Crippen LogP contribution in [0.5, 0.6) is 5.88 Å². The molecular formula is C18H29N3O4. The Morgan fingerprint density at radius 2 is 2.20 bits per heavy atom. The Hall–Kier alpha value is -1.70. The van der Waals surface area contributed by atoms with Crippen LogP contribution < -0.4 is 15.4 Å². The monoisotopic (exact) mass is 351 g/mol. The summed E-state index contributed by atoms with van der Waals surface area (Å²) >= 11 is 0. The van der Waals surface area contributed by atoms with Gasteiger partial charge in [0.1, 0.15) is 0 Å². The first-order chi connectivity index (χ1) is 12.1. The number of carbonyl (C=O) groups excluding carboxylic acids is 1. The van der Waals surface area contributed by atoms with Gasteiger partial charge in [-0.25, -0.2) is 4.98 Å². The Kier molecular flexibility index (Phi) is 8.11. The number of hydrogen-bond acceptors (Lipinski definition) is 6. The molecule has 25 heavy (non-hydrogen) atoms. The van der Waals surface area contributed by atoms with Crippen molar-refractivity contribution in [3.8, 4) is 5.88 Å². The van der Waals surface area contributed by atoms with E-state index in [9.17, 15) is 9.90 Å². The first-order valence-corrected chi connectivity index (χ1v) is 8.98. The third kappa shape index (κ3) is 6.61. The van der Waals surface area contributed by atoms with Crippen LogP contribution in [0.3, 0.4) is 0 Å². The van der Waals surface area contributed by atoms with Gasteiger partial charge in [-0.1, -0.05) is 0 Å². The lowest BCUT2D eigenvalue weighted by Crippen LogP contribution is -2.34. The molecule has 7 heteroatoms. The van der Waals surface area contributed by atoms with Crippen molar-refractivity contribution in [3.05, 3.63) is 23.4 Å². The molecule has 1 unspecified atom stereocenters. The maximum Gasteiger partial charge on any atom is 0.253 e. The number of hydrogen-bond donors (Lipinski definition) is 4. The number of carbonyl (C=O) groups is 1. The van der Waals surface area contributed by atoms with E-state index >= 15 is 0 Å². The molecule has 7 nitrogen and oxygen atoms in total. The zero-order valence-corrected chi connectivity index (χ0v) is 14.8. The molecule has 140 valence electrons. The number of aliphatic hydroxyl groups excluding tert-OH is 2. The largest absolute Gasteiger partial charge is 0.478 e. The van der Waals surface area contributed by atoms with E-state index in [-0.39, 0.29) is 19.1 Å². The third-order valence-corrected chi connectivity index (χ3v) is 4.48. The highest BCUT2D eigenvalue weighted by Gasteiger charge is 2.14. The van der Waals surface area contributed by atoms with Crippen molar-refractivity contribution in [1.29, 1.82) is 0 Å². The van der Waals surface area contributed by atoms with Gasteiger partial charge < -0.3 is 25.6 Å². The second kappa shape index (κ2) is 10.3. The molecule has 0 aliphatic carbocycles. The zero-order chi connectivity index (χ0) is 18.1.